The lowest BCUT2D eigenvalue weighted by molar-refractivity contribution is -0.125. The van der Waals surface area contributed by atoms with Crippen molar-refractivity contribution in [2.24, 2.45) is 0 Å². The average Bonchev–Trinajstić information content (AvgIpc) is 3.54. The number of thioether (sulfide) groups is 1. The quantitative estimate of drug-likeness (QED) is 0.605. The van der Waals surface area contributed by atoms with Crippen molar-refractivity contribution in [1.29, 1.82) is 0 Å². The molecule has 2 aliphatic rings. The van der Waals surface area contributed by atoms with Crippen LogP contribution in [0.15, 0.2) is 71.3 Å². The molecule has 3 amide bonds. The van der Waals surface area contributed by atoms with Crippen molar-refractivity contribution in [2.45, 2.75) is 11.4 Å². The zero-order valence-corrected chi connectivity index (χ0v) is 18.6. The number of nitrogens with one attached hydrogen (secondary N) is 1. The van der Waals surface area contributed by atoms with Crippen LogP contribution in [0.4, 0.5) is 11.4 Å². The fourth-order valence-corrected chi connectivity index (χ4v) is 5.60. The van der Waals surface area contributed by atoms with Gasteiger partial charge in [-0.3, -0.25) is 24.2 Å². The van der Waals surface area contributed by atoms with E-state index in [4.69, 9.17) is 9.15 Å². The van der Waals surface area contributed by atoms with Gasteiger partial charge in [-0.15, -0.1) is 11.8 Å². The van der Waals surface area contributed by atoms with Crippen molar-refractivity contribution in [3.63, 3.8) is 0 Å². The van der Waals surface area contributed by atoms with E-state index in [9.17, 15) is 14.4 Å². The fourth-order valence-electron chi connectivity index (χ4n) is 4.24. The minimum absolute atomic E-state index is 0.157. The average molecular weight is 464 g/mol. The number of nitrogens with zero attached hydrogens (tertiary/aromatic N) is 2. The highest BCUT2D eigenvalue weighted by molar-refractivity contribution is 8.02. The molecule has 0 saturated carbocycles. The lowest BCUT2D eigenvalue weighted by Gasteiger charge is -2.33. The van der Waals surface area contributed by atoms with E-state index in [2.05, 4.69) is 5.32 Å². The molecule has 3 aromatic rings. The topological polar surface area (TPSA) is 92.1 Å². The van der Waals surface area contributed by atoms with Crippen molar-refractivity contribution in [1.82, 2.24) is 5.32 Å². The Hall–Kier alpha value is -3.72. The number of anilines is 2. The number of hydrogen-bond acceptors (Lipinski definition) is 6. The van der Waals surface area contributed by atoms with Crippen molar-refractivity contribution in [2.75, 3.05) is 29.2 Å². The lowest BCUT2D eigenvalue weighted by atomic mass is 10.0. The first kappa shape index (κ1) is 21.1. The van der Waals surface area contributed by atoms with Crippen molar-refractivity contribution < 1.29 is 23.5 Å². The number of furan rings is 1. The molecule has 1 spiro atoms. The predicted octanol–water partition coefficient (Wildman–Crippen LogP) is 2.88. The Labute approximate surface area is 194 Å². The summed E-state index contributed by atoms with van der Waals surface area (Å²) in [6.45, 7) is 0.0649. The maximum Gasteiger partial charge on any atom is 0.269 e. The number of ether oxygens (including phenoxy) is 1. The number of benzene rings is 2. The third-order valence-electron chi connectivity index (χ3n) is 5.74. The van der Waals surface area contributed by atoms with Gasteiger partial charge in [0.25, 0.3) is 5.91 Å². The summed E-state index contributed by atoms with van der Waals surface area (Å²) in [7, 11) is 1.57. The molecule has 0 bridgehead atoms. The monoisotopic (exact) mass is 463 g/mol. The van der Waals surface area contributed by atoms with E-state index in [0.29, 0.717) is 28.4 Å². The van der Waals surface area contributed by atoms with E-state index >= 15 is 0 Å². The van der Waals surface area contributed by atoms with E-state index < -0.39 is 4.87 Å². The molecule has 9 heteroatoms. The normalized spacial score (nSPS) is 19.3. The second-order valence-electron chi connectivity index (χ2n) is 7.62. The number of para-hydroxylation sites is 1. The third-order valence-corrected chi connectivity index (χ3v) is 7.12. The summed E-state index contributed by atoms with van der Waals surface area (Å²) in [6.07, 6.45) is 1.54. The van der Waals surface area contributed by atoms with Crippen LogP contribution in [0, 0.1) is 0 Å². The molecule has 5 rings (SSSR count). The number of carbonyl (C=O) groups is 3. The Bertz CT molecular complexity index is 1210. The molecular weight excluding hydrogens is 442 g/mol. The first-order valence-electron chi connectivity index (χ1n) is 10.4. The molecule has 2 aliphatic heterocycles. The molecular formula is C24H21N3O5S. The molecule has 1 aromatic heterocycles. The van der Waals surface area contributed by atoms with E-state index in [0.717, 1.165) is 0 Å². The third kappa shape index (κ3) is 3.45. The summed E-state index contributed by atoms with van der Waals surface area (Å²) in [5.41, 5.74) is 1.91. The van der Waals surface area contributed by atoms with Crippen molar-refractivity contribution >= 4 is 40.9 Å². The molecule has 168 valence electrons. The number of fused-ring (bicyclic) bond motifs is 2. The lowest BCUT2D eigenvalue weighted by Crippen LogP contribution is -2.51. The number of hydrogen-bond donors (Lipinski definition) is 1. The highest BCUT2D eigenvalue weighted by atomic mass is 32.2. The van der Waals surface area contributed by atoms with Gasteiger partial charge in [0, 0.05) is 11.3 Å². The van der Waals surface area contributed by atoms with Crippen molar-refractivity contribution in [3.05, 3.63) is 78.3 Å². The van der Waals surface area contributed by atoms with Crippen LogP contribution in [0.3, 0.4) is 0 Å². The van der Waals surface area contributed by atoms with Crippen LogP contribution in [0.5, 0.6) is 5.75 Å². The summed E-state index contributed by atoms with van der Waals surface area (Å²) in [5.74, 6) is 0.624. The van der Waals surface area contributed by atoms with Crippen LogP contribution in [-0.2, 0) is 25.8 Å². The molecule has 1 fully saturated rings. The zero-order valence-electron chi connectivity index (χ0n) is 17.8. The van der Waals surface area contributed by atoms with Gasteiger partial charge in [0.1, 0.15) is 18.1 Å². The minimum atomic E-state index is -1.26. The van der Waals surface area contributed by atoms with Gasteiger partial charge in [-0.1, -0.05) is 18.2 Å². The standard InChI is InChI=1S/C24H21N3O5S/c1-31-17-10-8-16(9-11-17)27-22(29)15-33-24(27)19-6-2-3-7-20(19)26(23(24)30)14-21(28)25-13-18-5-4-12-32-18/h2-12H,13-15H2,1H3,(H,25,28)/t24-/m0/s1. The van der Waals surface area contributed by atoms with Gasteiger partial charge in [0.15, 0.2) is 0 Å². The van der Waals surface area contributed by atoms with Crippen LogP contribution in [-0.4, -0.2) is 37.1 Å². The molecule has 0 aliphatic carbocycles. The van der Waals surface area contributed by atoms with Crippen LogP contribution in [0.25, 0.3) is 0 Å². The molecule has 2 aromatic carbocycles. The molecule has 0 radical (unpaired) electrons. The van der Waals surface area contributed by atoms with Gasteiger partial charge >= 0.3 is 0 Å². The van der Waals surface area contributed by atoms with Crippen LogP contribution >= 0.6 is 11.8 Å². The zero-order chi connectivity index (χ0) is 23.0. The molecule has 1 atom stereocenters. The Kier molecular flexibility index (Phi) is 5.33. The Morgan fingerprint density at radius 3 is 2.64 bits per heavy atom. The summed E-state index contributed by atoms with van der Waals surface area (Å²) >= 11 is 1.27. The number of amides is 3. The van der Waals surface area contributed by atoms with Gasteiger partial charge in [-0.05, 0) is 42.5 Å². The fraction of sp³-hybridized carbons (Fsp3) is 0.208. The smallest absolute Gasteiger partial charge is 0.269 e. The molecule has 3 heterocycles. The number of rotatable bonds is 6. The van der Waals surface area contributed by atoms with Crippen LogP contribution in [0.1, 0.15) is 11.3 Å². The van der Waals surface area contributed by atoms with Gasteiger partial charge < -0.3 is 14.5 Å². The maximum atomic E-state index is 13.9. The number of methoxy groups -OCH3 is 1. The van der Waals surface area contributed by atoms with E-state index in [1.165, 1.54) is 22.9 Å². The summed E-state index contributed by atoms with van der Waals surface area (Å²) in [6, 6.07) is 17.8. The van der Waals surface area contributed by atoms with Crippen LogP contribution < -0.4 is 19.9 Å². The van der Waals surface area contributed by atoms with Gasteiger partial charge in [0.05, 0.1) is 31.4 Å². The maximum absolute atomic E-state index is 13.9. The summed E-state index contributed by atoms with van der Waals surface area (Å²) in [5, 5.41) is 2.78. The summed E-state index contributed by atoms with van der Waals surface area (Å²) < 4.78 is 10.5. The van der Waals surface area contributed by atoms with Gasteiger partial charge in [-0.25, -0.2) is 0 Å². The Morgan fingerprint density at radius 1 is 1.12 bits per heavy atom. The highest BCUT2D eigenvalue weighted by Crippen LogP contribution is 2.55. The number of carbonyl (C=O) groups excluding carboxylic acids is 3. The highest BCUT2D eigenvalue weighted by Gasteiger charge is 2.61. The largest absolute Gasteiger partial charge is 0.497 e. The summed E-state index contributed by atoms with van der Waals surface area (Å²) in [4.78, 5) is 41.3. The SMILES string of the molecule is COc1ccc(N2C(=O)CS[C@@]23C(=O)N(CC(=O)NCc2ccco2)c2ccccc23)cc1. The van der Waals surface area contributed by atoms with E-state index in [1.807, 2.05) is 18.2 Å². The second-order valence-corrected chi connectivity index (χ2v) is 8.79. The Morgan fingerprint density at radius 2 is 1.91 bits per heavy atom. The predicted molar refractivity (Wildman–Crippen MR) is 124 cm³/mol. The first-order valence-corrected chi connectivity index (χ1v) is 11.3. The van der Waals surface area contributed by atoms with E-state index in [-0.39, 0.29) is 36.6 Å². The molecule has 1 N–H and O–H groups in total. The molecule has 1 saturated heterocycles. The molecule has 0 unspecified atom stereocenters. The molecule has 8 nitrogen and oxygen atoms in total. The van der Waals surface area contributed by atoms with Crippen molar-refractivity contribution in [3.8, 4) is 5.75 Å². The second kappa shape index (κ2) is 8.32. The van der Waals surface area contributed by atoms with Gasteiger partial charge in [0.2, 0.25) is 16.7 Å². The van der Waals surface area contributed by atoms with Gasteiger partial charge in [-0.2, -0.15) is 0 Å². The van der Waals surface area contributed by atoms with Crippen LogP contribution in [0.2, 0.25) is 0 Å². The Balaban J connectivity index is 1.48. The minimum Gasteiger partial charge on any atom is -0.497 e. The first-order chi connectivity index (χ1) is 16.0. The van der Waals surface area contributed by atoms with E-state index in [1.54, 1.807) is 54.5 Å². The molecule has 33 heavy (non-hydrogen) atoms.